The maximum atomic E-state index is 5.42. The first kappa shape index (κ1) is 13.2. The van der Waals surface area contributed by atoms with E-state index >= 15 is 0 Å². The van der Waals surface area contributed by atoms with Gasteiger partial charge in [-0.2, -0.15) is 0 Å². The van der Waals surface area contributed by atoms with Crippen molar-refractivity contribution in [3.05, 3.63) is 0 Å². The highest BCUT2D eigenvalue weighted by molar-refractivity contribution is 6.60. The summed E-state index contributed by atoms with van der Waals surface area (Å²) in [4.78, 5) is 0. The molecule has 0 bridgehead atoms. The van der Waals surface area contributed by atoms with Gasteiger partial charge in [-0.1, -0.05) is 32.1 Å². The van der Waals surface area contributed by atoms with Crippen LogP contribution < -0.4 is 0 Å². The van der Waals surface area contributed by atoms with Gasteiger partial charge in [0.05, 0.1) is 0 Å². The molecule has 0 N–H and O–H groups in total. The molecule has 1 aliphatic rings. The summed E-state index contributed by atoms with van der Waals surface area (Å²) < 4.78 is 16.3. The summed E-state index contributed by atoms with van der Waals surface area (Å²) in [7, 11) is 2.78. The van der Waals surface area contributed by atoms with Crippen LogP contribution in [0.3, 0.4) is 0 Å². The highest BCUT2D eigenvalue weighted by Crippen LogP contribution is 2.30. The van der Waals surface area contributed by atoms with Crippen molar-refractivity contribution in [1.29, 1.82) is 0 Å². The fourth-order valence-corrected chi connectivity index (χ4v) is 4.29. The Hall–Kier alpha value is 0.0969. The van der Waals surface area contributed by atoms with E-state index < -0.39 is 8.80 Å². The fourth-order valence-electron chi connectivity index (χ4n) is 2.41. The smallest absolute Gasteiger partial charge is 0.377 e. The van der Waals surface area contributed by atoms with E-state index in [-0.39, 0.29) is 0 Å². The van der Waals surface area contributed by atoms with Crippen LogP contribution in [0.5, 0.6) is 0 Å². The molecule has 0 aromatic carbocycles. The Bertz CT molecular complexity index is 157. The van der Waals surface area contributed by atoms with Gasteiger partial charge in [-0.05, 0) is 12.3 Å². The highest BCUT2D eigenvalue weighted by atomic mass is 28.4. The molecule has 3 nitrogen and oxygen atoms in total. The van der Waals surface area contributed by atoms with Crippen LogP contribution in [0.2, 0.25) is 6.04 Å². The molecule has 0 aromatic heterocycles. The zero-order valence-electron chi connectivity index (χ0n) is 10.3. The van der Waals surface area contributed by atoms with Crippen LogP contribution in [-0.4, -0.2) is 30.1 Å². The Balaban J connectivity index is 2.31. The fraction of sp³-hybridized carbons (Fsp3) is 1.00. The van der Waals surface area contributed by atoms with Crippen LogP contribution in [0.15, 0.2) is 0 Å². The van der Waals surface area contributed by atoms with Crippen LogP contribution in [0.4, 0.5) is 0 Å². The standard InChI is InChI=1S/C11H24O3Si/c1-12-15(13-2,14-3)10-9-11-7-5-4-6-8-11/h11H,4-10H2,1-3H3. The highest BCUT2D eigenvalue weighted by Gasteiger charge is 2.37. The molecule has 0 spiro atoms. The maximum absolute atomic E-state index is 5.42. The summed E-state index contributed by atoms with van der Waals surface area (Å²) in [5.41, 5.74) is 0. The molecule has 0 amide bonds. The second-order valence-corrected chi connectivity index (χ2v) is 7.43. The van der Waals surface area contributed by atoms with E-state index in [1.165, 1.54) is 38.5 Å². The molecule has 4 heteroatoms. The first-order valence-corrected chi connectivity index (χ1v) is 7.85. The molecule has 0 radical (unpaired) electrons. The van der Waals surface area contributed by atoms with Gasteiger partial charge in [-0.25, -0.2) is 0 Å². The van der Waals surface area contributed by atoms with Crippen LogP contribution in [0, 0.1) is 5.92 Å². The van der Waals surface area contributed by atoms with Gasteiger partial charge >= 0.3 is 8.80 Å². The summed E-state index contributed by atoms with van der Waals surface area (Å²) >= 11 is 0. The van der Waals surface area contributed by atoms with Crippen molar-refractivity contribution in [2.24, 2.45) is 5.92 Å². The van der Waals surface area contributed by atoms with Crippen LogP contribution in [-0.2, 0) is 13.3 Å². The Morgan fingerprint density at radius 2 is 1.47 bits per heavy atom. The number of hydrogen-bond acceptors (Lipinski definition) is 3. The molecule has 1 fully saturated rings. The van der Waals surface area contributed by atoms with E-state index in [1.807, 2.05) is 0 Å². The minimum atomic E-state index is -2.30. The lowest BCUT2D eigenvalue weighted by molar-refractivity contribution is 0.120. The first-order chi connectivity index (χ1) is 7.26. The Morgan fingerprint density at radius 1 is 0.933 bits per heavy atom. The average Bonchev–Trinajstić information content (AvgIpc) is 2.33. The van der Waals surface area contributed by atoms with Crippen LogP contribution in [0.1, 0.15) is 38.5 Å². The van der Waals surface area contributed by atoms with Gasteiger partial charge in [-0.15, -0.1) is 0 Å². The van der Waals surface area contributed by atoms with Crippen molar-refractivity contribution < 1.29 is 13.3 Å². The molecule has 0 aromatic rings. The van der Waals surface area contributed by atoms with Crippen molar-refractivity contribution in [1.82, 2.24) is 0 Å². The molecule has 0 heterocycles. The van der Waals surface area contributed by atoms with E-state index in [2.05, 4.69) is 0 Å². The third kappa shape index (κ3) is 3.87. The van der Waals surface area contributed by atoms with Gasteiger partial charge in [0.2, 0.25) is 0 Å². The van der Waals surface area contributed by atoms with Crippen LogP contribution in [0.25, 0.3) is 0 Å². The van der Waals surface area contributed by atoms with E-state index in [1.54, 1.807) is 21.3 Å². The van der Waals surface area contributed by atoms with Gasteiger partial charge in [-0.3, -0.25) is 0 Å². The lowest BCUT2D eigenvalue weighted by Gasteiger charge is -2.27. The SMILES string of the molecule is CO[Si](CCC1CCCCC1)(OC)OC. The maximum Gasteiger partial charge on any atom is 0.500 e. The van der Waals surface area contributed by atoms with E-state index in [0.717, 1.165) is 12.0 Å². The van der Waals surface area contributed by atoms with Gasteiger partial charge in [0.15, 0.2) is 0 Å². The third-order valence-electron chi connectivity index (χ3n) is 3.52. The minimum Gasteiger partial charge on any atom is -0.377 e. The minimum absolute atomic E-state index is 0.867. The molecular weight excluding hydrogens is 208 g/mol. The number of rotatable bonds is 6. The molecule has 1 aliphatic carbocycles. The molecule has 1 saturated carbocycles. The lowest BCUT2D eigenvalue weighted by Crippen LogP contribution is -2.43. The molecule has 0 atom stereocenters. The Labute approximate surface area is 94.5 Å². The van der Waals surface area contributed by atoms with Crippen molar-refractivity contribution in [3.63, 3.8) is 0 Å². The monoisotopic (exact) mass is 232 g/mol. The summed E-state index contributed by atoms with van der Waals surface area (Å²) in [5.74, 6) is 0.867. The molecule has 15 heavy (non-hydrogen) atoms. The second kappa shape index (κ2) is 6.63. The zero-order chi connectivity index (χ0) is 11.1. The third-order valence-corrected chi connectivity index (χ3v) is 6.28. The van der Waals surface area contributed by atoms with Gasteiger partial charge < -0.3 is 13.3 Å². The van der Waals surface area contributed by atoms with E-state index in [4.69, 9.17) is 13.3 Å². The molecule has 90 valence electrons. The Morgan fingerprint density at radius 3 is 1.93 bits per heavy atom. The topological polar surface area (TPSA) is 27.7 Å². The predicted molar refractivity (Wildman–Crippen MR) is 62.8 cm³/mol. The largest absolute Gasteiger partial charge is 0.500 e. The Kier molecular flexibility index (Phi) is 5.82. The average molecular weight is 232 g/mol. The summed E-state index contributed by atoms with van der Waals surface area (Å²) in [5, 5.41) is 0. The molecule has 0 saturated heterocycles. The summed E-state index contributed by atoms with van der Waals surface area (Å²) in [6.45, 7) is 0. The second-order valence-electron chi connectivity index (χ2n) is 4.34. The molecule has 0 unspecified atom stereocenters. The van der Waals surface area contributed by atoms with Crippen LogP contribution >= 0.6 is 0 Å². The van der Waals surface area contributed by atoms with Gasteiger partial charge in [0.1, 0.15) is 0 Å². The summed E-state index contributed by atoms with van der Waals surface area (Å²) in [6.07, 6.45) is 8.15. The van der Waals surface area contributed by atoms with Crippen molar-refractivity contribution >= 4 is 8.80 Å². The van der Waals surface area contributed by atoms with E-state index in [0.29, 0.717) is 0 Å². The van der Waals surface area contributed by atoms with Crippen molar-refractivity contribution in [3.8, 4) is 0 Å². The van der Waals surface area contributed by atoms with E-state index in [9.17, 15) is 0 Å². The molecular formula is C11H24O3Si. The van der Waals surface area contributed by atoms with Gasteiger partial charge in [0, 0.05) is 27.4 Å². The summed E-state index contributed by atoms with van der Waals surface area (Å²) in [6, 6.07) is 0.959. The van der Waals surface area contributed by atoms with Crippen molar-refractivity contribution in [2.75, 3.05) is 21.3 Å². The zero-order valence-corrected chi connectivity index (χ0v) is 11.3. The predicted octanol–water partition coefficient (Wildman–Crippen LogP) is 2.83. The lowest BCUT2D eigenvalue weighted by atomic mass is 9.88. The first-order valence-electron chi connectivity index (χ1n) is 5.92. The normalized spacial score (nSPS) is 19.4. The van der Waals surface area contributed by atoms with Crippen molar-refractivity contribution in [2.45, 2.75) is 44.6 Å². The quantitative estimate of drug-likeness (QED) is 0.659. The van der Waals surface area contributed by atoms with Gasteiger partial charge in [0.25, 0.3) is 0 Å². The molecule has 0 aliphatic heterocycles. The number of hydrogen-bond donors (Lipinski definition) is 0. The molecule has 1 rings (SSSR count).